The molecule has 0 aliphatic heterocycles. The number of hydrogen-bond donors (Lipinski definition) is 1. The fourth-order valence-corrected chi connectivity index (χ4v) is 4.04. The van der Waals surface area contributed by atoms with E-state index >= 15 is 0 Å². The van der Waals surface area contributed by atoms with Crippen LogP contribution in [0.2, 0.25) is 0 Å². The summed E-state index contributed by atoms with van der Waals surface area (Å²) in [5, 5.41) is 12.6. The van der Waals surface area contributed by atoms with Crippen molar-refractivity contribution in [2.45, 2.75) is 68.8 Å². The van der Waals surface area contributed by atoms with Crippen molar-refractivity contribution in [1.82, 2.24) is 14.8 Å². The van der Waals surface area contributed by atoms with Crippen molar-refractivity contribution < 1.29 is 4.79 Å². The Kier molecular flexibility index (Phi) is 4.31. The van der Waals surface area contributed by atoms with E-state index in [1.54, 1.807) is 0 Å². The fourth-order valence-electron chi connectivity index (χ4n) is 3.11. The Labute approximate surface area is 152 Å². The number of benzene rings is 1. The zero-order valence-electron chi connectivity index (χ0n) is 15.0. The molecule has 1 heterocycles. The van der Waals surface area contributed by atoms with E-state index in [1.807, 2.05) is 39.0 Å². The van der Waals surface area contributed by atoms with Crippen LogP contribution >= 0.6 is 11.8 Å². The second kappa shape index (κ2) is 6.48. The molecule has 2 saturated carbocycles. The molecule has 0 bridgehead atoms. The Hall–Kier alpha value is -1.82. The van der Waals surface area contributed by atoms with Crippen LogP contribution in [0, 0.1) is 13.8 Å². The molecule has 1 aromatic heterocycles. The molecule has 2 aliphatic carbocycles. The summed E-state index contributed by atoms with van der Waals surface area (Å²) >= 11 is 1.52. The van der Waals surface area contributed by atoms with Crippen molar-refractivity contribution in [1.29, 1.82) is 0 Å². The van der Waals surface area contributed by atoms with Crippen molar-refractivity contribution in [3.63, 3.8) is 0 Å². The van der Waals surface area contributed by atoms with Gasteiger partial charge in [-0.2, -0.15) is 0 Å². The van der Waals surface area contributed by atoms with Gasteiger partial charge in [0.25, 0.3) is 0 Å². The minimum absolute atomic E-state index is 0.0146. The molecule has 0 unspecified atom stereocenters. The Bertz CT molecular complexity index is 788. The molecule has 5 nitrogen and oxygen atoms in total. The van der Waals surface area contributed by atoms with Gasteiger partial charge < -0.3 is 9.88 Å². The maximum Gasteiger partial charge on any atom is 0.237 e. The first-order valence-electron chi connectivity index (χ1n) is 9.03. The van der Waals surface area contributed by atoms with E-state index in [0.29, 0.717) is 12.0 Å². The highest BCUT2D eigenvalue weighted by atomic mass is 32.2. The van der Waals surface area contributed by atoms with Gasteiger partial charge in [-0.1, -0.05) is 30.0 Å². The number of carbonyl (C=O) groups is 1. The molecule has 2 aromatic rings. The number of aromatic nitrogens is 3. The van der Waals surface area contributed by atoms with E-state index in [9.17, 15) is 4.79 Å². The summed E-state index contributed by atoms with van der Waals surface area (Å²) in [4.78, 5) is 12.7. The number of nitrogens with one attached hydrogen (secondary N) is 1. The van der Waals surface area contributed by atoms with Gasteiger partial charge in [-0.3, -0.25) is 4.79 Å². The number of aryl methyl sites for hydroxylation is 2. The van der Waals surface area contributed by atoms with Gasteiger partial charge in [0.15, 0.2) is 5.16 Å². The molecule has 0 spiro atoms. The number of rotatable bonds is 6. The molecule has 2 aliphatic rings. The lowest BCUT2D eigenvalue weighted by Crippen LogP contribution is -2.24. The lowest BCUT2D eigenvalue weighted by atomic mass is 10.1. The van der Waals surface area contributed by atoms with Crippen LogP contribution in [-0.4, -0.2) is 25.9 Å². The van der Waals surface area contributed by atoms with E-state index in [4.69, 9.17) is 0 Å². The van der Waals surface area contributed by atoms with Crippen molar-refractivity contribution in [2.75, 3.05) is 5.32 Å². The van der Waals surface area contributed by atoms with Gasteiger partial charge in [0.05, 0.1) is 5.25 Å². The van der Waals surface area contributed by atoms with Crippen LogP contribution in [0.3, 0.4) is 0 Å². The minimum atomic E-state index is -0.215. The fraction of sp³-hybridized carbons (Fsp3) is 0.526. The minimum Gasteiger partial charge on any atom is -0.325 e. The van der Waals surface area contributed by atoms with Crippen LogP contribution in [0.1, 0.15) is 61.5 Å². The summed E-state index contributed by atoms with van der Waals surface area (Å²) in [7, 11) is 0. The molecule has 1 N–H and O–H groups in total. The summed E-state index contributed by atoms with van der Waals surface area (Å²) in [5.74, 6) is 1.73. The maximum atomic E-state index is 12.7. The van der Waals surface area contributed by atoms with Gasteiger partial charge in [-0.25, -0.2) is 0 Å². The number of anilines is 1. The van der Waals surface area contributed by atoms with Crippen LogP contribution in [0.15, 0.2) is 23.4 Å². The predicted octanol–water partition coefficient (Wildman–Crippen LogP) is 4.23. The highest BCUT2D eigenvalue weighted by Gasteiger charge is 2.37. The lowest BCUT2D eigenvalue weighted by molar-refractivity contribution is -0.115. The largest absolute Gasteiger partial charge is 0.325 e. The Balaban J connectivity index is 1.48. The standard InChI is InChI=1S/C19H24N4OS/c1-11-5-4-6-12(2)16(11)20-18(24)13(3)25-19-22-21-17(14-7-8-14)23(19)15-9-10-15/h4-6,13-15H,7-10H2,1-3H3,(H,20,24)/t13-/m1/s1. The number of thioether (sulfide) groups is 1. The van der Waals surface area contributed by atoms with Crippen molar-refractivity contribution in [3.05, 3.63) is 35.2 Å². The van der Waals surface area contributed by atoms with E-state index in [2.05, 4.69) is 20.1 Å². The second-order valence-electron chi connectivity index (χ2n) is 7.23. The molecule has 1 amide bonds. The second-order valence-corrected chi connectivity index (χ2v) is 8.54. The summed E-state index contributed by atoms with van der Waals surface area (Å²) in [5.41, 5.74) is 3.09. The van der Waals surface area contributed by atoms with Crippen molar-refractivity contribution in [3.8, 4) is 0 Å². The van der Waals surface area contributed by atoms with Crippen molar-refractivity contribution in [2.24, 2.45) is 0 Å². The average molecular weight is 356 g/mol. The van der Waals surface area contributed by atoms with Crippen molar-refractivity contribution >= 4 is 23.4 Å². The predicted molar refractivity (Wildman–Crippen MR) is 100 cm³/mol. The third kappa shape index (κ3) is 3.45. The van der Waals surface area contributed by atoms with E-state index in [-0.39, 0.29) is 11.2 Å². The van der Waals surface area contributed by atoms with Gasteiger partial charge in [0.1, 0.15) is 5.82 Å². The number of nitrogens with zero attached hydrogens (tertiary/aromatic N) is 3. The highest BCUT2D eigenvalue weighted by Crippen LogP contribution is 2.46. The topological polar surface area (TPSA) is 59.8 Å². The molecular formula is C19H24N4OS. The molecule has 1 aromatic carbocycles. The Morgan fingerprint density at radius 1 is 1.20 bits per heavy atom. The Morgan fingerprint density at radius 3 is 2.48 bits per heavy atom. The average Bonchev–Trinajstić information content (AvgIpc) is 3.50. The number of para-hydroxylation sites is 1. The first kappa shape index (κ1) is 16.6. The number of hydrogen-bond acceptors (Lipinski definition) is 4. The van der Waals surface area contributed by atoms with Gasteiger partial charge >= 0.3 is 0 Å². The van der Waals surface area contributed by atoms with Crippen LogP contribution in [0.5, 0.6) is 0 Å². The van der Waals surface area contributed by atoms with Gasteiger partial charge in [-0.15, -0.1) is 10.2 Å². The highest BCUT2D eigenvalue weighted by molar-refractivity contribution is 8.00. The lowest BCUT2D eigenvalue weighted by Gasteiger charge is -2.15. The van der Waals surface area contributed by atoms with Crippen LogP contribution in [-0.2, 0) is 4.79 Å². The van der Waals surface area contributed by atoms with Gasteiger partial charge in [-0.05, 0) is 57.6 Å². The van der Waals surface area contributed by atoms with Crippen LogP contribution in [0.4, 0.5) is 5.69 Å². The van der Waals surface area contributed by atoms with E-state index < -0.39 is 0 Å². The first-order valence-corrected chi connectivity index (χ1v) is 9.91. The normalized spacial score (nSPS) is 18.2. The summed E-state index contributed by atoms with van der Waals surface area (Å²) < 4.78 is 2.30. The zero-order chi connectivity index (χ0) is 17.6. The SMILES string of the molecule is Cc1cccc(C)c1NC(=O)[C@@H](C)Sc1nnc(C2CC2)n1C1CC1. The third-order valence-electron chi connectivity index (χ3n) is 4.93. The van der Waals surface area contributed by atoms with Crippen LogP contribution < -0.4 is 5.32 Å². The third-order valence-corrected chi connectivity index (χ3v) is 5.98. The molecule has 4 rings (SSSR count). The molecule has 1 atom stereocenters. The maximum absolute atomic E-state index is 12.7. The van der Waals surface area contributed by atoms with E-state index in [1.165, 1.54) is 37.4 Å². The monoisotopic (exact) mass is 356 g/mol. The first-order chi connectivity index (χ1) is 12.0. The molecule has 2 fully saturated rings. The summed E-state index contributed by atoms with van der Waals surface area (Å²) in [6, 6.07) is 6.59. The molecule has 0 saturated heterocycles. The molecule has 6 heteroatoms. The number of carbonyl (C=O) groups excluding carboxylic acids is 1. The van der Waals surface area contributed by atoms with Gasteiger partial charge in [0, 0.05) is 17.6 Å². The molecule has 25 heavy (non-hydrogen) atoms. The Morgan fingerprint density at radius 2 is 1.88 bits per heavy atom. The number of amides is 1. The zero-order valence-corrected chi connectivity index (χ0v) is 15.8. The smallest absolute Gasteiger partial charge is 0.237 e. The quantitative estimate of drug-likeness (QED) is 0.787. The summed E-state index contributed by atoms with van der Waals surface area (Å²) in [6.07, 6.45) is 4.85. The van der Waals surface area contributed by atoms with E-state index in [0.717, 1.165) is 27.8 Å². The van der Waals surface area contributed by atoms with Crippen LogP contribution in [0.25, 0.3) is 0 Å². The summed E-state index contributed by atoms with van der Waals surface area (Å²) in [6.45, 7) is 5.98. The molecule has 0 radical (unpaired) electrons. The van der Waals surface area contributed by atoms with Gasteiger partial charge in [0.2, 0.25) is 5.91 Å². The molecular weight excluding hydrogens is 332 g/mol. The molecule has 132 valence electrons.